The molecule has 1 atom stereocenters. The standard InChI is InChI=1S/C23H17FO/c1-3-17-10-7-11-22(24)23(17)20-14-19(13-12-16(20)2)21(15-25)18-8-5-4-6-9-18/h1,4-15,21H,2H3. The largest absolute Gasteiger partial charge is 0.302 e. The van der Waals surface area contributed by atoms with Gasteiger partial charge in [0.25, 0.3) is 0 Å². The summed E-state index contributed by atoms with van der Waals surface area (Å²) in [6, 6.07) is 19.9. The van der Waals surface area contributed by atoms with Crippen LogP contribution in [0.4, 0.5) is 4.39 Å². The summed E-state index contributed by atoms with van der Waals surface area (Å²) >= 11 is 0. The quantitative estimate of drug-likeness (QED) is 0.480. The summed E-state index contributed by atoms with van der Waals surface area (Å²) in [6.07, 6.45) is 6.46. The molecular formula is C23H17FO. The minimum absolute atomic E-state index is 0.363. The molecule has 0 spiro atoms. The molecule has 0 amide bonds. The Morgan fingerprint density at radius 3 is 2.44 bits per heavy atom. The Bertz CT molecular complexity index is 952. The summed E-state index contributed by atoms with van der Waals surface area (Å²) < 4.78 is 14.5. The first-order chi connectivity index (χ1) is 12.2. The van der Waals surface area contributed by atoms with Gasteiger partial charge in [-0.25, -0.2) is 4.39 Å². The third kappa shape index (κ3) is 3.22. The number of aldehydes is 1. The maximum atomic E-state index is 14.5. The van der Waals surface area contributed by atoms with E-state index < -0.39 is 5.92 Å². The molecule has 0 saturated heterocycles. The molecule has 3 aromatic rings. The SMILES string of the molecule is C#Cc1cccc(F)c1-c1cc(C(C=O)c2ccccc2)ccc1C. The number of hydrogen-bond acceptors (Lipinski definition) is 1. The van der Waals surface area contributed by atoms with Gasteiger partial charge in [0, 0.05) is 11.1 Å². The highest BCUT2D eigenvalue weighted by Crippen LogP contribution is 2.33. The van der Waals surface area contributed by atoms with Crippen LogP contribution < -0.4 is 0 Å². The third-order valence-corrected chi connectivity index (χ3v) is 4.35. The predicted molar refractivity (Wildman–Crippen MR) is 98.9 cm³/mol. The predicted octanol–water partition coefficient (Wildman–Crippen LogP) is 5.11. The van der Waals surface area contributed by atoms with Crippen molar-refractivity contribution >= 4 is 6.29 Å². The second-order valence-corrected chi connectivity index (χ2v) is 5.91. The molecule has 1 nitrogen and oxygen atoms in total. The second kappa shape index (κ2) is 7.15. The molecule has 3 aromatic carbocycles. The molecule has 0 heterocycles. The fraction of sp³-hybridized carbons (Fsp3) is 0.0870. The van der Waals surface area contributed by atoms with Gasteiger partial charge in [-0.3, -0.25) is 0 Å². The van der Waals surface area contributed by atoms with Crippen molar-refractivity contribution < 1.29 is 9.18 Å². The van der Waals surface area contributed by atoms with E-state index in [1.54, 1.807) is 12.1 Å². The van der Waals surface area contributed by atoms with Gasteiger partial charge in [-0.1, -0.05) is 54.5 Å². The van der Waals surface area contributed by atoms with Crippen LogP contribution >= 0.6 is 0 Å². The summed E-state index contributed by atoms with van der Waals surface area (Å²) in [5.74, 6) is 1.78. The molecule has 0 radical (unpaired) electrons. The van der Waals surface area contributed by atoms with Crippen molar-refractivity contribution in [3.8, 4) is 23.5 Å². The summed E-state index contributed by atoms with van der Waals surface area (Å²) in [5, 5.41) is 0. The number of halogens is 1. The lowest BCUT2D eigenvalue weighted by atomic mass is 9.87. The number of aryl methyl sites for hydroxylation is 1. The molecule has 25 heavy (non-hydrogen) atoms. The molecule has 0 N–H and O–H groups in total. The fourth-order valence-electron chi connectivity index (χ4n) is 3.03. The van der Waals surface area contributed by atoms with Gasteiger partial charge in [0.15, 0.2) is 0 Å². The van der Waals surface area contributed by atoms with E-state index in [1.807, 2.05) is 55.5 Å². The molecule has 0 saturated carbocycles. The highest BCUT2D eigenvalue weighted by Gasteiger charge is 2.17. The molecule has 3 rings (SSSR count). The number of rotatable bonds is 4. The molecule has 0 bridgehead atoms. The van der Waals surface area contributed by atoms with Crippen molar-refractivity contribution in [1.29, 1.82) is 0 Å². The third-order valence-electron chi connectivity index (χ3n) is 4.35. The van der Waals surface area contributed by atoms with Gasteiger partial charge in [0.1, 0.15) is 12.1 Å². The minimum atomic E-state index is -0.401. The van der Waals surface area contributed by atoms with Crippen molar-refractivity contribution in [3.63, 3.8) is 0 Å². The molecule has 122 valence electrons. The average molecular weight is 328 g/mol. The Morgan fingerprint density at radius 1 is 1.00 bits per heavy atom. The van der Waals surface area contributed by atoms with Crippen LogP contribution in [0.15, 0.2) is 66.7 Å². The van der Waals surface area contributed by atoms with Gasteiger partial charge >= 0.3 is 0 Å². The van der Waals surface area contributed by atoms with Gasteiger partial charge in [0.2, 0.25) is 0 Å². The topological polar surface area (TPSA) is 17.1 Å². The first kappa shape index (κ1) is 16.7. The zero-order valence-corrected chi connectivity index (χ0v) is 13.9. The zero-order chi connectivity index (χ0) is 17.8. The van der Waals surface area contributed by atoms with Gasteiger partial charge in [-0.2, -0.15) is 0 Å². The normalized spacial score (nSPS) is 11.6. The summed E-state index contributed by atoms with van der Waals surface area (Å²) in [6.45, 7) is 1.91. The van der Waals surface area contributed by atoms with Crippen LogP contribution in [0.25, 0.3) is 11.1 Å². The van der Waals surface area contributed by atoms with Crippen LogP contribution in [-0.4, -0.2) is 6.29 Å². The van der Waals surface area contributed by atoms with Crippen molar-refractivity contribution in [2.24, 2.45) is 0 Å². The van der Waals surface area contributed by atoms with E-state index in [-0.39, 0.29) is 5.82 Å². The van der Waals surface area contributed by atoms with Gasteiger partial charge in [-0.05, 0) is 47.4 Å². The highest BCUT2D eigenvalue weighted by molar-refractivity contribution is 5.77. The van der Waals surface area contributed by atoms with Crippen molar-refractivity contribution in [3.05, 3.63) is 94.8 Å². The number of hydrogen-bond donors (Lipinski definition) is 0. The Hall–Kier alpha value is -3.18. The highest BCUT2D eigenvalue weighted by atomic mass is 19.1. The lowest BCUT2D eigenvalue weighted by molar-refractivity contribution is -0.108. The molecule has 0 aliphatic rings. The van der Waals surface area contributed by atoms with Crippen molar-refractivity contribution in [2.75, 3.05) is 0 Å². The van der Waals surface area contributed by atoms with Crippen LogP contribution in [0, 0.1) is 25.1 Å². The molecule has 2 heteroatoms. The molecule has 0 aliphatic carbocycles. The Kier molecular flexibility index (Phi) is 4.77. The molecular weight excluding hydrogens is 311 g/mol. The van der Waals surface area contributed by atoms with E-state index in [0.717, 1.165) is 23.0 Å². The average Bonchev–Trinajstić information content (AvgIpc) is 2.64. The van der Waals surface area contributed by atoms with Gasteiger partial charge < -0.3 is 4.79 Å². The summed E-state index contributed by atoms with van der Waals surface area (Å²) in [5.41, 5.74) is 4.24. The maximum Gasteiger partial charge on any atom is 0.132 e. The zero-order valence-electron chi connectivity index (χ0n) is 13.9. The lowest BCUT2D eigenvalue weighted by Gasteiger charge is -2.16. The first-order valence-corrected chi connectivity index (χ1v) is 8.02. The number of carbonyl (C=O) groups is 1. The number of terminal acetylenes is 1. The van der Waals surface area contributed by atoms with Crippen LogP contribution in [0.3, 0.4) is 0 Å². The van der Waals surface area contributed by atoms with E-state index in [4.69, 9.17) is 6.42 Å². The minimum Gasteiger partial charge on any atom is -0.302 e. The van der Waals surface area contributed by atoms with E-state index >= 15 is 0 Å². The monoisotopic (exact) mass is 328 g/mol. The van der Waals surface area contributed by atoms with Crippen LogP contribution in [-0.2, 0) is 4.79 Å². The van der Waals surface area contributed by atoms with E-state index in [1.165, 1.54) is 6.07 Å². The Balaban J connectivity index is 2.18. The van der Waals surface area contributed by atoms with Gasteiger partial charge in [-0.15, -0.1) is 6.42 Å². The molecule has 1 unspecified atom stereocenters. The van der Waals surface area contributed by atoms with Crippen molar-refractivity contribution in [1.82, 2.24) is 0 Å². The van der Waals surface area contributed by atoms with Gasteiger partial charge in [0.05, 0.1) is 5.92 Å². The Morgan fingerprint density at radius 2 is 1.76 bits per heavy atom. The van der Waals surface area contributed by atoms with Crippen LogP contribution in [0.1, 0.15) is 28.2 Å². The smallest absolute Gasteiger partial charge is 0.132 e. The number of benzene rings is 3. The summed E-state index contributed by atoms with van der Waals surface area (Å²) in [4.78, 5) is 11.7. The van der Waals surface area contributed by atoms with E-state index in [0.29, 0.717) is 16.7 Å². The molecule has 0 fully saturated rings. The first-order valence-electron chi connectivity index (χ1n) is 8.02. The lowest BCUT2D eigenvalue weighted by Crippen LogP contribution is -2.03. The molecule has 0 aromatic heterocycles. The maximum absolute atomic E-state index is 14.5. The number of carbonyl (C=O) groups excluding carboxylic acids is 1. The Labute approximate surface area is 147 Å². The van der Waals surface area contributed by atoms with E-state index in [9.17, 15) is 9.18 Å². The van der Waals surface area contributed by atoms with E-state index in [2.05, 4.69) is 5.92 Å². The fourth-order valence-corrected chi connectivity index (χ4v) is 3.03. The molecule has 0 aliphatic heterocycles. The van der Waals surface area contributed by atoms with Crippen molar-refractivity contribution in [2.45, 2.75) is 12.8 Å². The van der Waals surface area contributed by atoms with Crippen LogP contribution in [0.2, 0.25) is 0 Å². The summed E-state index contributed by atoms with van der Waals surface area (Å²) in [7, 11) is 0. The second-order valence-electron chi connectivity index (χ2n) is 5.91. The van der Waals surface area contributed by atoms with Crippen LogP contribution in [0.5, 0.6) is 0 Å².